The molecule has 0 aromatic rings. The minimum absolute atomic E-state index is 0. The minimum atomic E-state index is -1.17. The summed E-state index contributed by atoms with van der Waals surface area (Å²) in [4.78, 5) is 0. The Morgan fingerprint density at radius 3 is 0.286 bits per heavy atom. The molecular formula is C12H38Ir3O13. The van der Waals surface area contributed by atoms with Crippen LogP contribution in [0.1, 0.15) is 41.5 Å². The Morgan fingerprint density at radius 1 is 0.286 bits per heavy atom. The van der Waals surface area contributed by atoms with Crippen LogP contribution >= 0.6 is 0 Å². The summed E-state index contributed by atoms with van der Waals surface area (Å²) < 4.78 is 0. The zero-order valence-electron chi connectivity index (χ0n) is 16.3. The Balaban J connectivity index is -0.0000000169. The predicted molar refractivity (Wildman–Crippen MR) is 87.0 cm³/mol. The molecule has 0 spiro atoms. The zero-order chi connectivity index (χ0) is 21.5. The molecule has 191 valence electrons. The summed E-state index contributed by atoms with van der Waals surface area (Å²) in [5.41, 5.74) is 0. The van der Waals surface area contributed by atoms with E-state index in [1.54, 1.807) is 0 Å². The van der Waals surface area contributed by atoms with Gasteiger partial charge in [0.2, 0.25) is 0 Å². The number of aliphatic hydroxyl groups excluding tert-OH is 6. The van der Waals surface area contributed by atoms with E-state index in [-0.39, 0.29) is 65.8 Å². The monoisotopic (exact) mass is 969 g/mol. The van der Waals surface area contributed by atoms with Gasteiger partial charge < -0.3 is 66.8 Å². The molecule has 0 saturated heterocycles. The van der Waals surface area contributed by atoms with E-state index in [0.29, 0.717) is 0 Å². The second kappa shape index (κ2) is 56.7. The van der Waals surface area contributed by atoms with Gasteiger partial charge in [0.1, 0.15) is 37.7 Å². The summed E-state index contributed by atoms with van der Waals surface area (Å²) >= 11 is 0. The Labute approximate surface area is 205 Å². The molecule has 0 aliphatic carbocycles. The van der Waals surface area contributed by atoms with Gasteiger partial charge in [0, 0.05) is 60.3 Å². The van der Waals surface area contributed by atoms with Crippen molar-refractivity contribution >= 4 is 0 Å². The first-order chi connectivity index (χ1) is 10.4. The van der Waals surface area contributed by atoms with E-state index in [0.717, 1.165) is 0 Å². The Hall–Kier alpha value is 1.43. The summed E-state index contributed by atoms with van der Waals surface area (Å²) in [7, 11) is 0. The first-order valence-electron chi connectivity index (χ1n) is 6.56. The second-order valence-corrected chi connectivity index (χ2v) is 3.79. The van der Waals surface area contributed by atoms with Gasteiger partial charge in [-0.1, -0.05) is 0 Å². The fourth-order valence-corrected chi connectivity index (χ4v) is 0. The molecular weight excluding hydrogens is 929 g/mol. The van der Waals surface area contributed by atoms with Crippen molar-refractivity contribution < 1.29 is 127 Å². The molecule has 0 heterocycles. The van der Waals surface area contributed by atoms with E-state index < -0.39 is 37.7 Å². The summed E-state index contributed by atoms with van der Waals surface area (Å²) in [6.07, 6.45) is -7.00. The van der Waals surface area contributed by atoms with Crippen molar-refractivity contribution in [3.05, 3.63) is 0 Å². The van der Waals surface area contributed by atoms with Crippen molar-refractivity contribution in [3.63, 3.8) is 0 Å². The molecule has 0 aliphatic rings. The molecule has 0 aliphatic heterocycles. The van der Waals surface area contributed by atoms with E-state index >= 15 is 0 Å². The molecule has 0 unspecified atom stereocenters. The molecule has 0 atom stereocenters. The van der Waals surface area contributed by atoms with Crippen LogP contribution in [0.4, 0.5) is 0 Å². The maximum absolute atomic E-state index is 7.61. The van der Waals surface area contributed by atoms with Crippen molar-refractivity contribution in [1.82, 2.24) is 0 Å². The fraction of sp³-hybridized carbons (Fsp3) is 1.00. The Morgan fingerprint density at radius 2 is 0.286 bits per heavy atom. The van der Waals surface area contributed by atoms with Crippen molar-refractivity contribution in [2.24, 2.45) is 0 Å². The molecule has 16 heteroatoms. The average Bonchev–Trinajstić information content (AvgIpc) is 2.08. The third-order valence-corrected chi connectivity index (χ3v) is 0. The van der Waals surface area contributed by atoms with Gasteiger partial charge in [-0.15, -0.1) is 0 Å². The molecule has 0 bridgehead atoms. The molecule has 3 radical (unpaired) electrons. The standard InChI is InChI=1S/6C2H6O2.3Ir.H2O/c6*1-2(3)4;;;;/h6*2-4H,1H3;;;;1H2. The topological polar surface area (TPSA) is 274 Å². The van der Waals surface area contributed by atoms with Gasteiger partial charge in [-0.3, -0.25) is 0 Å². The van der Waals surface area contributed by atoms with Crippen LogP contribution in [0.25, 0.3) is 0 Å². The summed E-state index contributed by atoms with van der Waals surface area (Å²) in [5, 5.41) is 91.3. The molecule has 0 saturated carbocycles. The number of aliphatic hydroxyl groups is 12. The third kappa shape index (κ3) is 9390. The van der Waals surface area contributed by atoms with Crippen molar-refractivity contribution in [1.29, 1.82) is 0 Å². The first-order valence-corrected chi connectivity index (χ1v) is 6.56. The average molecular weight is 967 g/mol. The largest absolute Gasteiger partial charge is 0.412 e. The third-order valence-electron chi connectivity index (χ3n) is 0. The van der Waals surface area contributed by atoms with Crippen molar-refractivity contribution in [2.75, 3.05) is 0 Å². The number of hydrogen-bond acceptors (Lipinski definition) is 12. The Kier molecular flexibility index (Phi) is 128. The summed E-state index contributed by atoms with van der Waals surface area (Å²) in [5.74, 6) is 0. The number of rotatable bonds is 0. The maximum atomic E-state index is 7.61. The van der Waals surface area contributed by atoms with Gasteiger partial charge in [0.05, 0.1) is 0 Å². The zero-order valence-corrected chi connectivity index (χ0v) is 23.5. The quantitative estimate of drug-likeness (QED) is 0.102. The van der Waals surface area contributed by atoms with E-state index in [4.69, 9.17) is 61.3 Å². The SMILES string of the molecule is CC(O)O.CC(O)O.CC(O)O.CC(O)O.CC(O)O.CC(O)O.O.[Ir].[Ir].[Ir]. The molecule has 0 rings (SSSR count). The molecule has 13 nitrogen and oxygen atoms in total. The van der Waals surface area contributed by atoms with E-state index in [2.05, 4.69) is 0 Å². The molecule has 0 aromatic heterocycles. The summed E-state index contributed by atoms with van der Waals surface area (Å²) in [6, 6.07) is 0. The van der Waals surface area contributed by atoms with Crippen LogP contribution in [0, 0.1) is 0 Å². The van der Waals surface area contributed by atoms with Gasteiger partial charge in [-0.05, 0) is 41.5 Å². The van der Waals surface area contributed by atoms with E-state index in [9.17, 15) is 0 Å². The van der Waals surface area contributed by atoms with Crippen LogP contribution < -0.4 is 0 Å². The first kappa shape index (κ1) is 63.0. The molecule has 0 fully saturated rings. The van der Waals surface area contributed by atoms with Crippen molar-refractivity contribution in [2.45, 2.75) is 79.3 Å². The van der Waals surface area contributed by atoms with Gasteiger partial charge >= 0.3 is 0 Å². The second-order valence-electron chi connectivity index (χ2n) is 3.79. The Bertz CT molecular complexity index is 114. The van der Waals surface area contributed by atoms with E-state index in [1.165, 1.54) is 41.5 Å². The molecule has 0 amide bonds. The molecule has 0 aromatic carbocycles. The fourth-order valence-electron chi connectivity index (χ4n) is 0. The van der Waals surface area contributed by atoms with Crippen molar-refractivity contribution in [3.8, 4) is 0 Å². The number of hydrogen-bond donors (Lipinski definition) is 12. The predicted octanol–water partition coefficient (Wildman–Crippen LogP) is -4.93. The van der Waals surface area contributed by atoms with Crippen LogP contribution in [0.2, 0.25) is 0 Å². The molecule has 14 N–H and O–H groups in total. The van der Waals surface area contributed by atoms with Crippen LogP contribution in [-0.4, -0.2) is 104 Å². The van der Waals surface area contributed by atoms with Gasteiger partial charge in [-0.2, -0.15) is 0 Å². The van der Waals surface area contributed by atoms with E-state index in [1.807, 2.05) is 0 Å². The van der Waals surface area contributed by atoms with Crippen LogP contribution in [0.15, 0.2) is 0 Å². The van der Waals surface area contributed by atoms with Gasteiger partial charge in [0.15, 0.2) is 0 Å². The smallest absolute Gasteiger partial charge is 0.148 e. The van der Waals surface area contributed by atoms with Gasteiger partial charge in [-0.25, -0.2) is 0 Å². The molecule has 28 heavy (non-hydrogen) atoms. The van der Waals surface area contributed by atoms with Gasteiger partial charge in [0.25, 0.3) is 0 Å². The van der Waals surface area contributed by atoms with Crippen LogP contribution in [-0.2, 0) is 60.3 Å². The maximum Gasteiger partial charge on any atom is 0.148 e. The van der Waals surface area contributed by atoms with Crippen LogP contribution in [0.5, 0.6) is 0 Å². The van der Waals surface area contributed by atoms with Crippen LogP contribution in [0.3, 0.4) is 0 Å². The summed E-state index contributed by atoms with van der Waals surface area (Å²) in [6.45, 7) is 7.67. The minimum Gasteiger partial charge on any atom is -0.412 e. The normalized spacial score (nSPS) is 7.71.